The van der Waals surface area contributed by atoms with E-state index in [4.69, 9.17) is 14.2 Å². The minimum Gasteiger partial charge on any atom is -0.493 e. The lowest BCUT2D eigenvalue weighted by Crippen LogP contribution is -2.18. The predicted molar refractivity (Wildman–Crippen MR) is 129 cm³/mol. The van der Waals surface area contributed by atoms with Crippen LogP contribution in [-0.4, -0.2) is 48.3 Å². The second kappa shape index (κ2) is 9.24. The van der Waals surface area contributed by atoms with Crippen molar-refractivity contribution in [3.63, 3.8) is 0 Å². The largest absolute Gasteiger partial charge is 0.493 e. The maximum absolute atomic E-state index is 15.0. The summed E-state index contributed by atoms with van der Waals surface area (Å²) in [5, 5.41) is 9.55. The third-order valence-corrected chi connectivity index (χ3v) is 6.07. The van der Waals surface area contributed by atoms with Gasteiger partial charge in [0.15, 0.2) is 11.3 Å². The molecule has 0 saturated heterocycles. The number of halogens is 1. The van der Waals surface area contributed by atoms with Crippen LogP contribution >= 0.6 is 0 Å². The number of rotatable bonds is 7. The standard InChI is InChI=1S/C26H24FN5O3/c1-16-12-18(34-11-10-33-3)4-5-19(16)21-14-29-26(32-15-17(13-28)30-25(21)32)31(2)24-20-8-9-35-23(20)7-6-22(24)27/h4-7,12,14-15H,8-11H2,1-3H3. The number of imidazole rings is 1. The van der Waals surface area contributed by atoms with Gasteiger partial charge in [0.1, 0.15) is 30.0 Å². The predicted octanol–water partition coefficient (Wildman–Crippen LogP) is 4.44. The fourth-order valence-electron chi connectivity index (χ4n) is 4.42. The molecule has 0 atom stereocenters. The fraction of sp³-hybridized carbons (Fsp3) is 0.269. The molecule has 178 valence electrons. The van der Waals surface area contributed by atoms with E-state index in [1.807, 2.05) is 25.1 Å². The topological polar surface area (TPSA) is 84.9 Å². The van der Waals surface area contributed by atoms with E-state index in [1.54, 1.807) is 41.9 Å². The SMILES string of the molecule is COCCOc1ccc(-c2cnc(N(C)c3c(F)ccc4c3CCO4)n3cc(C#N)nc23)c(C)c1. The average molecular weight is 474 g/mol. The van der Waals surface area contributed by atoms with Crippen molar-refractivity contribution in [2.75, 3.05) is 38.9 Å². The van der Waals surface area contributed by atoms with Crippen LogP contribution in [0.15, 0.2) is 42.7 Å². The summed E-state index contributed by atoms with van der Waals surface area (Å²) >= 11 is 0. The number of aryl methyl sites for hydroxylation is 1. The molecule has 35 heavy (non-hydrogen) atoms. The Balaban J connectivity index is 1.60. The second-order valence-electron chi connectivity index (χ2n) is 8.25. The Hall–Kier alpha value is -4.16. The Morgan fingerprint density at radius 1 is 1.23 bits per heavy atom. The number of anilines is 2. The summed E-state index contributed by atoms with van der Waals surface area (Å²) < 4.78 is 33.1. The van der Waals surface area contributed by atoms with Gasteiger partial charge in [-0.1, -0.05) is 6.07 Å². The minimum absolute atomic E-state index is 0.244. The fourth-order valence-corrected chi connectivity index (χ4v) is 4.42. The van der Waals surface area contributed by atoms with Crippen molar-refractivity contribution in [1.29, 1.82) is 5.26 Å². The maximum Gasteiger partial charge on any atom is 0.215 e. The molecule has 0 unspecified atom stereocenters. The number of fused-ring (bicyclic) bond motifs is 2. The van der Waals surface area contributed by atoms with E-state index in [9.17, 15) is 9.65 Å². The van der Waals surface area contributed by atoms with Gasteiger partial charge >= 0.3 is 0 Å². The summed E-state index contributed by atoms with van der Waals surface area (Å²) in [4.78, 5) is 10.9. The molecule has 9 heteroatoms. The number of nitriles is 1. The highest BCUT2D eigenvalue weighted by Crippen LogP contribution is 2.39. The Labute approximate surface area is 202 Å². The van der Waals surface area contributed by atoms with Crippen LogP contribution in [0.2, 0.25) is 0 Å². The van der Waals surface area contributed by atoms with Gasteiger partial charge in [0.25, 0.3) is 0 Å². The third kappa shape index (κ3) is 4.02. The van der Waals surface area contributed by atoms with Gasteiger partial charge in [-0.05, 0) is 42.3 Å². The first-order chi connectivity index (χ1) is 17.0. The molecule has 1 aliphatic heterocycles. The molecule has 2 aromatic heterocycles. The molecule has 0 N–H and O–H groups in total. The lowest BCUT2D eigenvalue weighted by Gasteiger charge is -2.23. The summed E-state index contributed by atoms with van der Waals surface area (Å²) in [5.74, 6) is 1.48. The smallest absolute Gasteiger partial charge is 0.215 e. The molecule has 0 aliphatic carbocycles. The van der Waals surface area contributed by atoms with Crippen LogP contribution in [0.1, 0.15) is 16.8 Å². The van der Waals surface area contributed by atoms with Gasteiger partial charge in [0, 0.05) is 37.9 Å². The highest BCUT2D eigenvalue weighted by molar-refractivity contribution is 5.81. The van der Waals surface area contributed by atoms with Gasteiger partial charge in [-0.25, -0.2) is 14.4 Å². The molecule has 0 bridgehead atoms. The van der Waals surface area contributed by atoms with Crippen molar-refractivity contribution in [2.24, 2.45) is 0 Å². The number of aromatic nitrogens is 3. The molecule has 0 radical (unpaired) electrons. The molecule has 0 fully saturated rings. The monoisotopic (exact) mass is 473 g/mol. The van der Waals surface area contributed by atoms with Crippen LogP contribution in [0, 0.1) is 24.1 Å². The van der Waals surface area contributed by atoms with Gasteiger partial charge in [-0.3, -0.25) is 4.40 Å². The van der Waals surface area contributed by atoms with Crippen molar-refractivity contribution < 1.29 is 18.6 Å². The van der Waals surface area contributed by atoms with E-state index in [0.29, 0.717) is 49.3 Å². The first kappa shape index (κ1) is 22.6. The molecule has 8 nitrogen and oxygen atoms in total. The van der Waals surface area contributed by atoms with E-state index in [-0.39, 0.29) is 11.5 Å². The zero-order valence-electron chi connectivity index (χ0n) is 19.7. The van der Waals surface area contributed by atoms with E-state index in [1.165, 1.54) is 6.07 Å². The Morgan fingerprint density at radius 3 is 2.86 bits per heavy atom. The number of nitrogens with zero attached hydrogens (tertiary/aromatic N) is 5. The Bertz CT molecular complexity index is 1460. The van der Waals surface area contributed by atoms with Crippen molar-refractivity contribution in [2.45, 2.75) is 13.3 Å². The number of benzene rings is 2. The summed E-state index contributed by atoms with van der Waals surface area (Å²) in [6.45, 7) is 3.45. The van der Waals surface area contributed by atoms with Crippen LogP contribution < -0.4 is 14.4 Å². The maximum atomic E-state index is 15.0. The van der Waals surface area contributed by atoms with Gasteiger partial charge in [0.2, 0.25) is 5.95 Å². The minimum atomic E-state index is -0.365. The third-order valence-electron chi connectivity index (χ3n) is 6.07. The van der Waals surface area contributed by atoms with Gasteiger partial charge in [0.05, 0.1) is 25.1 Å². The molecule has 5 rings (SSSR count). The molecular formula is C26H24FN5O3. The molecule has 2 aromatic carbocycles. The Kier molecular flexibility index (Phi) is 5.97. The molecule has 1 aliphatic rings. The highest BCUT2D eigenvalue weighted by Gasteiger charge is 2.25. The van der Waals surface area contributed by atoms with Gasteiger partial charge in [-0.2, -0.15) is 5.26 Å². The summed E-state index contributed by atoms with van der Waals surface area (Å²) in [6, 6.07) is 10.9. The van der Waals surface area contributed by atoms with Crippen LogP contribution in [0.3, 0.4) is 0 Å². The molecule has 4 aromatic rings. The number of methoxy groups -OCH3 is 1. The van der Waals surface area contributed by atoms with E-state index in [0.717, 1.165) is 28.0 Å². The Morgan fingerprint density at radius 2 is 2.09 bits per heavy atom. The van der Waals surface area contributed by atoms with Crippen LogP contribution in [-0.2, 0) is 11.2 Å². The second-order valence-corrected chi connectivity index (χ2v) is 8.25. The van der Waals surface area contributed by atoms with Gasteiger partial charge in [-0.15, -0.1) is 0 Å². The number of hydrogen-bond donors (Lipinski definition) is 0. The molecule has 0 saturated carbocycles. The quantitative estimate of drug-likeness (QED) is 0.367. The molecule has 0 amide bonds. The van der Waals surface area contributed by atoms with Crippen molar-refractivity contribution in [1.82, 2.24) is 14.4 Å². The van der Waals surface area contributed by atoms with E-state index >= 15 is 0 Å². The highest BCUT2D eigenvalue weighted by atomic mass is 19.1. The van der Waals surface area contributed by atoms with Crippen LogP contribution in [0.5, 0.6) is 11.5 Å². The first-order valence-corrected chi connectivity index (χ1v) is 11.2. The number of ether oxygens (including phenoxy) is 3. The van der Waals surface area contributed by atoms with Crippen LogP contribution in [0.25, 0.3) is 16.8 Å². The molecule has 3 heterocycles. The van der Waals surface area contributed by atoms with Crippen LogP contribution in [0.4, 0.5) is 16.0 Å². The summed E-state index contributed by atoms with van der Waals surface area (Å²) in [7, 11) is 3.38. The number of hydrogen-bond acceptors (Lipinski definition) is 7. The summed E-state index contributed by atoms with van der Waals surface area (Å²) in [5.41, 5.74) is 4.63. The van der Waals surface area contributed by atoms with Crippen molar-refractivity contribution in [3.05, 3.63) is 65.4 Å². The molecule has 0 spiro atoms. The van der Waals surface area contributed by atoms with E-state index < -0.39 is 0 Å². The lowest BCUT2D eigenvalue weighted by atomic mass is 10.0. The first-order valence-electron chi connectivity index (χ1n) is 11.2. The van der Waals surface area contributed by atoms with Crippen molar-refractivity contribution >= 4 is 17.3 Å². The average Bonchev–Trinajstić information content (AvgIpc) is 3.51. The van der Waals surface area contributed by atoms with E-state index in [2.05, 4.69) is 16.0 Å². The zero-order valence-corrected chi connectivity index (χ0v) is 19.7. The molecular weight excluding hydrogens is 449 g/mol. The van der Waals surface area contributed by atoms with Crippen molar-refractivity contribution in [3.8, 4) is 28.7 Å². The normalized spacial score (nSPS) is 12.3. The zero-order chi connectivity index (χ0) is 24.5. The summed E-state index contributed by atoms with van der Waals surface area (Å²) in [6.07, 6.45) is 3.94. The van der Waals surface area contributed by atoms with Gasteiger partial charge < -0.3 is 19.1 Å². The lowest BCUT2D eigenvalue weighted by molar-refractivity contribution is 0.146.